The fourth-order valence-corrected chi connectivity index (χ4v) is 3.09. The van der Waals surface area contributed by atoms with Crippen molar-refractivity contribution in [1.82, 2.24) is 15.1 Å². The van der Waals surface area contributed by atoms with Gasteiger partial charge >= 0.3 is 0 Å². The lowest BCUT2D eigenvalue weighted by atomic mass is 10.1. The van der Waals surface area contributed by atoms with E-state index >= 15 is 0 Å². The summed E-state index contributed by atoms with van der Waals surface area (Å²) in [6.45, 7) is 4.40. The standard InChI is InChI=1S/C18H19Cl2N3O/c1-11-14(8-9-18(24)21-13-6-7-13)12(2)23(22-11)10-15-16(19)4-3-5-17(15)20/h3-5,8-9,13H,6-7,10H2,1-2H3,(H,21,24). The summed E-state index contributed by atoms with van der Waals surface area (Å²) in [6.07, 6.45) is 5.55. The van der Waals surface area contributed by atoms with Crippen LogP contribution in [-0.2, 0) is 11.3 Å². The lowest BCUT2D eigenvalue weighted by molar-refractivity contribution is -0.116. The van der Waals surface area contributed by atoms with Crippen molar-refractivity contribution in [2.75, 3.05) is 0 Å². The van der Waals surface area contributed by atoms with Gasteiger partial charge in [0.05, 0.1) is 12.2 Å². The molecule has 0 bridgehead atoms. The highest BCUT2D eigenvalue weighted by Gasteiger charge is 2.22. The Morgan fingerprint density at radius 3 is 2.62 bits per heavy atom. The molecule has 6 heteroatoms. The minimum atomic E-state index is -0.0572. The first-order chi connectivity index (χ1) is 11.5. The van der Waals surface area contributed by atoms with Crippen LogP contribution in [-0.4, -0.2) is 21.7 Å². The quantitative estimate of drug-likeness (QED) is 0.811. The second-order valence-corrected chi connectivity index (χ2v) is 6.87. The molecule has 0 unspecified atom stereocenters. The summed E-state index contributed by atoms with van der Waals surface area (Å²) >= 11 is 12.5. The van der Waals surface area contributed by atoms with Gasteiger partial charge in [-0.05, 0) is 44.9 Å². The van der Waals surface area contributed by atoms with E-state index in [2.05, 4.69) is 10.4 Å². The predicted octanol–water partition coefficient (Wildman–Crippen LogP) is 4.15. The van der Waals surface area contributed by atoms with E-state index < -0.39 is 0 Å². The van der Waals surface area contributed by atoms with Gasteiger partial charge in [0.1, 0.15) is 0 Å². The van der Waals surface area contributed by atoms with Gasteiger partial charge in [-0.1, -0.05) is 29.3 Å². The molecule has 1 heterocycles. The van der Waals surface area contributed by atoms with Crippen molar-refractivity contribution in [3.8, 4) is 0 Å². The summed E-state index contributed by atoms with van der Waals surface area (Å²) in [4.78, 5) is 11.8. The summed E-state index contributed by atoms with van der Waals surface area (Å²) in [5, 5.41) is 8.73. The summed E-state index contributed by atoms with van der Waals surface area (Å²) < 4.78 is 1.86. The molecule has 1 aliphatic carbocycles. The molecule has 2 aromatic rings. The maximum Gasteiger partial charge on any atom is 0.244 e. The highest BCUT2D eigenvalue weighted by Crippen LogP contribution is 2.26. The zero-order chi connectivity index (χ0) is 17.3. The number of amides is 1. The molecule has 0 saturated heterocycles. The van der Waals surface area contributed by atoms with Crippen LogP contribution in [0.1, 0.15) is 35.4 Å². The van der Waals surface area contributed by atoms with E-state index in [4.69, 9.17) is 23.2 Å². The number of benzene rings is 1. The molecule has 1 N–H and O–H groups in total. The largest absolute Gasteiger partial charge is 0.350 e. The highest BCUT2D eigenvalue weighted by molar-refractivity contribution is 6.35. The van der Waals surface area contributed by atoms with Crippen LogP contribution in [0.25, 0.3) is 6.08 Å². The topological polar surface area (TPSA) is 46.9 Å². The van der Waals surface area contributed by atoms with Crippen molar-refractivity contribution in [1.29, 1.82) is 0 Å². The van der Waals surface area contributed by atoms with Crippen molar-refractivity contribution in [3.05, 3.63) is 56.8 Å². The average molecular weight is 364 g/mol. The Morgan fingerprint density at radius 1 is 1.33 bits per heavy atom. The van der Waals surface area contributed by atoms with Crippen LogP contribution in [0, 0.1) is 13.8 Å². The molecule has 1 saturated carbocycles. The molecular weight excluding hydrogens is 345 g/mol. The number of rotatable bonds is 5. The van der Waals surface area contributed by atoms with Gasteiger partial charge in [-0.2, -0.15) is 5.10 Å². The fraction of sp³-hybridized carbons (Fsp3) is 0.333. The molecule has 1 aromatic carbocycles. The molecule has 126 valence electrons. The molecular formula is C18H19Cl2N3O. The van der Waals surface area contributed by atoms with Gasteiger partial charge in [0.2, 0.25) is 5.91 Å². The van der Waals surface area contributed by atoms with E-state index in [0.717, 1.165) is 35.4 Å². The number of nitrogens with zero attached hydrogens (tertiary/aromatic N) is 2. The Balaban J connectivity index is 1.81. The molecule has 4 nitrogen and oxygen atoms in total. The number of hydrogen-bond acceptors (Lipinski definition) is 2. The van der Waals surface area contributed by atoms with Gasteiger partial charge in [-0.3, -0.25) is 9.48 Å². The van der Waals surface area contributed by atoms with Crippen LogP contribution in [0.5, 0.6) is 0 Å². The van der Waals surface area contributed by atoms with E-state index in [-0.39, 0.29) is 5.91 Å². The highest BCUT2D eigenvalue weighted by atomic mass is 35.5. The summed E-state index contributed by atoms with van der Waals surface area (Å²) in [7, 11) is 0. The number of hydrogen-bond donors (Lipinski definition) is 1. The Bertz CT molecular complexity index is 787. The number of aromatic nitrogens is 2. The molecule has 1 amide bonds. The van der Waals surface area contributed by atoms with Gasteiger partial charge in [-0.15, -0.1) is 0 Å². The molecule has 24 heavy (non-hydrogen) atoms. The van der Waals surface area contributed by atoms with Crippen LogP contribution in [0.3, 0.4) is 0 Å². The number of nitrogens with one attached hydrogen (secondary N) is 1. The summed E-state index contributed by atoms with van der Waals surface area (Å²) in [6, 6.07) is 5.81. The van der Waals surface area contributed by atoms with Gasteiger partial charge in [0.15, 0.2) is 0 Å². The summed E-state index contributed by atoms with van der Waals surface area (Å²) in [5.41, 5.74) is 3.63. The van der Waals surface area contributed by atoms with Gasteiger partial charge in [0.25, 0.3) is 0 Å². The minimum Gasteiger partial charge on any atom is -0.350 e. The molecule has 0 radical (unpaired) electrons. The van der Waals surface area contributed by atoms with Gasteiger partial charge in [-0.25, -0.2) is 0 Å². The minimum absolute atomic E-state index is 0.0572. The predicted molar refractivity (Wildman–Crippen MR) is 97.5 cm³/mol. The third kappa shape index (κ3) is 3.82. The monoisotopic (exact) mass is 363 g/mol. The second kappa shape index (κ2) is 6.99. The zero-order valence-corrected chi connectivity index (χ0v) is 15.2. The van der Waals surface area contributed by atoms with E-state index in [9.17, 15) is 4.79 Å². The van der Waals surface area contributed by atoms with Crippen LogP contribution < -0.4 is 5.32 Å². The smallest absolute Gasteiger partial charge is 0.244 e. The first-order valence-corrected chi connectivity index (χ1v) is 8.66. The second-order valence-electron chi connectivity index (χ2n) is 6.06. The maximum absolute atomic E-state index is 11.8. The number of carbonyl (C=O) groups excluding carboxylic acids is 1. The number of halogens is 2. The van der Waals surface area contributed by atoms with Crippen molar-refractivity contribution in [3.63, 3.8) is 0 Å². The van der Waals surface area contributed by atoms with Crippen molar-refractivity contribution < 1.29 is 4.79 Å². The average Bonchev–Trinajstić information content (AvgIpc) is 3.29. The van der Waals surface area contributed by atoms with Crippen molar-refractivity contribution >= 4 is 35.2 Å². The van der Waals surface area contributed by atoms with E-state index in [1.54, 1.807) is 6.08 Å². The number of carbonyl (C=O) groups is 1. The Morgan fingerprint density at radius 2 is 2.00 bits per heavy atom. The normalized spacial score (nSPS) is 14.3. The molecule has 1 aromatic heterocycles. The van der Waals surface area contributed by atoms with Crippen LogP contribution in [0.4, 0.5) is 0 Å². The van der Waals surface area contributed by atoms with Crippen molar-refractivity contribution in [2.24, 2.45) is 0 Å². The lowest BCUT2D eigenvalue weighted by Crippen LogP contribution is -2.22. The Kier molecular flexibility index (Phi) is 4.97. The van der Waals surface area contributed by atoms with Crippen LogP contribution >= 0.6 is 23.2 Å². The molecule has 0 spiro atoms. The first kappa shape index (κ1) is 17.1. The molecule has 1 fully saturated rings. The van der Waals surface area contributed by atoms with Crippen LogP contribution in [0.15, 0.2) is 24.3 Å². The SMILES string of the molecule is Cc1nn(Cc2c(Cl)cccc2Cl)c(C)c1C=CC(=O)NC1CC1. The van der Waals surface area contributed by atoms with E-state index in [1.165, 1.54) is 0 Å². The maximum atomic E-state index is 11.8. The molecule has 0 aliphatic heterocycles. The molecule has 1 aliphatic rings. The van der Waals surface area contributed by atoms with Gasteiger partial charge in [0, 0.05) is 39.0 Å². The molecule has 0 atom stereocenters. The number of aryl methyl sites for hydroxylation is 1. The fourth-order valence-electron chi connectivity index (χ4n) is 2.58. The van der Waals surface area contributed by atoms with Crippen LogP contribution in [0.2, 0.25) is 10.0 Å². The lowest BCUT2D eigenvalue weighted by Gasteiger charge is -2.09. The Hall–Kier alpha value is -1.78. The Labute approximate surface area is 151 Å². The van der Waals surface area contributed by atoms with E-state index in [0.29, 0.717) is 22.6 Å². The molecule has 3 rings (SSSR count). The zero-order valence-electron chi connectivity index (χ0n) is 13.6. The van der Waals surface area contributed by atoms with Gasteiger partial charge < -0.3 is 5.32 Å². The van der Waals surface area contributed by atoms with E-state index in [1.807, 2.05) is 42.8 Å². The first-order valence-electron chi connectivity index (χ1n) is 7.91. The summed E-state index contributed by atoms with van der Waals surface area (Å²) in [5.74, 6) is -0.0572. The van der Waals surface area contributed by atoms with Crippen molar-refractivity contribution in [2.45, 2.75) is 39.3 Å². The third-order valence-corrected chi connectivity index (χ3v) is 4.84. The third-order valence-electron chi connectivity index (χ3n) is 4.13.